The number of benzene rings is 1. The molecule has 1 fully saturated rings. The number of nitrogens with zero attached hydrogens (tertiary/aromatic N) is 3. The summed E-state index contributed by atoms with van der Waals surface area (Å²) in [6.45, 7) is 8.24. The van der Waals surface area contributed by atoms with Crippen molar-refractivity contribution >= 4 is 18.1 Å². The Hall–Kier alpha value is -3.29. The second kappa shape index (κ2) is 9.52. The molecule has 2 aliphatic rings. The number of aryl methyl sites for hydroxylation is 2. The summed E-state index contributed by atoms with van der Waals surface area (Å²) < 4.78 is 5.71. The van der Waals surface area contributed by atoms with Crippen molar-refractivity contribution in [1.29, 1.82) is 0 Å². The van der Waals surface area contributed by atoms with Crippen LogP contribution in [0.15, 0.2) is 33.4 Å². The maximum atomic E-state index is 11.9. The molecule has 2 N–H and O–H groups in total. The smallest absolute Gasteiger partial charge is 0.322 e. The zero-order valence-corrected chi connectivity index (χ0v) is 20.2. The molecular weight excluding hydrogens is 432 g/mol. The van der Waals surface area contributed by atoms with E-state index in [1.165, 1.54) is 5.57 Å². The number of hydrogen-bond acceptors (Lipinski definition) is 6. The van der Waals surface area contributed by atoms with Gasteiger partial charge >= 0.3 is 5.97 Å². The molecule has 0 radical (unpaired) electrons. The van der Waals surface area contributed by atoms with Crippen LogP contribution >= 0.6 is 0 Å². The number of aromatic nitrogens is 2. The summed E-state index contributed by atoms with van der Waals surface area (Å²) in [5, 5.41) is 15.4. The lowest BCUT2D eigenvalue weighted by molar-refractivity contribution is -0.137. The van der Waals surface area contributed by atoms with E-state index >= 15 is 0 Å². The SMILES string of the molecule is Cc1cc(-c2noc(C3C=NC=C4CC(C)(C)CCC43)n2)cc(C)c1CCC(=O)NCC(=O)O. The average molecular weight is 465 g/mol. The van der Waals surface area contributed by atoms with E-state index in [0.29, 0.717) is 29.5 Å². The number of carbonyl (C=O) groups excluding carboxylic acids is 1. The standard InChI is InChI=1S/C26H32N4O4/c1-15-9-17(10-16(2)19(15)5-6-22(31)28-14-23(32)33)24-29-25(34-30-24)21-13-27-12-18-11-26(3,4)8-7-20(18)21/h9-10,12-13,20-21H,5-8,11,14H2,1-4H3,(H,28,31)(H,32,33). The van der Waals surface area contributed by atoms with Gasteiger partial charge in [0.1, 0.15) is 6.54 Å². The highest BCUT2D eigenvalue weighted by atomic mass is 16.5. The monoisotopic (exact) mass is 464 g/mol. The van der Waals surface area contributed by atoms with E-state index in [-0.39, 0.29) is 24.8 Å². The number of allylic oxidation sites excluding steroid dienone is 1. The summed E-state index contributed by atoms with van der Waals surface area (Å²) >= 11 is 0. The van der Waals surface area contributed by atoms with Gasteiger partial charge in [-0.15, -0.1) is 0 Å². The van der Waals surface area contributed by atoms with Crippen LogP contribution in [0.5, 0.6) is 0 Å². The molecule has 1 aliphatic carbocycles. The van der Waals surface area contributed by atoms with Crippen molar-refractivity contribution in [3.8, 4) is 11.4 Å². The summed E-state index contributed by atoms with van der Waals surface area (Å²) in [5.41, 5.74) is 5.67. The van der Waals surface area contributed by atoms with E-state index < -0.39 is 5.97 Å². The van der Waals surface area contributed by atoms with Gasteiger partial charge in [0, 0.05) is 24.4 Å². The number of aliphatic carboxylic acids is 1. The second-order valence-electron chi connectivity index (χ2n) is 10.2. The minimum absolute atomic E-state index is 0.00290. The first-order chi connectivity index (χ1) is 16.1. The van der Waals surface area contributed by atoms with E-state index in [1.54, 1.807) is 0 Å². The van der Waals surface area contributed by atoms with Crippen LogP contribution in [0.2, 0.25) is 0 Å². The van der Waals surface area contributed by atoms with Gasteiger partial charge in [-0.3, -0.25) is 14.6 Å². The Labute approximate surface area is 199 Å². The Morgan fingerprint density at radius 3 is 2.68 bits per heavy atom. The summed E-state index contributed by atoms with van der Waals surface area (Å²) in [6.07, 6.45) is 7.99. The van der Waals surface area contributed by atoms with E-state index in [2.05, 4.69) is 29.3 Å². The normalized spacial score (nSPS) is 21.0. The summed E-state index contributed by atoms with van der Waals surface area (Å²) in [5.74, 6) is 0.182. The maximum absolute atomic E-state index is 11.9. The highest BCUT2D eigenvalue weighted by molar-refractivity contribution is 5.81. The lowest BCUT2D eigenvalue weighted by Gasteiger charge is -2.39. The van der Waals surface area contributed by atoms with E-state index in [0.717, 1.165) is 41.5 Å². The third-order valence-corrected chi connectivity index (χ3v) is 6.93. The number of carboxylic acids is 1. The highest BCUT2D eigenvalue weighted by Gasteiger charge is 2.38. The molecular formula is C26H32N4O4. The molecule has 1 aromatic carbocycles. The van der Waals surface area contributed by atoms with Gasteiger partial charge in [-0.1, -0.05) is 19.0 Å². The van der Waals surface area contributed by atoms with Crippen molar-refractivity contribution in [2.75, 3.05) is 6.54 Å². The number of aliphatic imine (C=N–C) groups is 1. The highest BCUT2D eigenvalue weighted by Crippen LogP contribution is 2.47. The Kier molecular flexibility index (Phi) is 6.68. The van der Waals surface area contributed by atoms with E-state index in [4.69, 9.17) is 14.6 Å². The molecule has 1 saturated carbocycles. The Morgan fingerprint density at radius 1 is 1.24 bits per heavy atom. The van der Waals surface area contributed by atoms with Gasteiger partial charge in [0.2, 0.25) is 17.6 Å². The van der Waals surface area contributed by atoms with Crippen LogP contribution in [0, 0.1) is 25.2 Å². The van der Waals surface area contributed by atoms with Gasteiger partial charge in [-0.05, 0) is 85.3 Å². The summed E-state index contributed by atoms with van der Waals surface area (Å²) in [7, 11) is 0. The molecule has 0 saturated heterocycles. The topological polar surface area (TPSA) is 118 Å². The van der Waals surface area contributed by atoms with Crippen LogP contribution in [0.25, 0.3) is 11.4 Å². The first-order valence-corrected chi connectivity index (χ1v) is 11.8. The number of fused-ring (bicyclic) bond motifs is 1. The van der Waals surface area contributed by atoms with Crippen LogP contribution in [0.3, 0.4) is 0 Å². The van der Waals surface area contributed by atoms with Crippen molar-refractivity contribution in [3.63, 3.8) is 0 Å². The zero-order valence-electron chi connectivity index (χ0n) is 20.2. The largest absolute Gasteiger partial charge is 0.480 e. The van der Waals surface area contributed by atoms with Crippen LogP contribution < -0.4 is 5.32 Å². The minimum atomic E-state index is -1.05. The average Bonchev–Trinajstić information content (AvgIpc) is 3.26. The molecule has 1 aromatic heterocycles. The van der Waals surface area contributed by atoms with Gasteiger partial charge in [-0.25, -0.2) is 0 Å². The molecule has 1 aliphatic heterocycles. The van der Waals surface area contributed by atoms with E-state index in [1.807, 2.05) is 38.4 Å². The predicted octanol–water partition coefficient (Wildman–Crippen LogP) is 4.37. The third-order valence-electron chi connectivity index (χ3n) is 6.93. The van der Waals surface area contributed by atoms with Gasteiger partial charge < -0.3 is 14.9 Å². The molecule has 2 aromatic rings. The van der Waals surface area contributed by atoms with Crippen molar-refractivity contribution in [3.05, 3.63) is 46.5 Å². The van der Waals surface area contributed by atoms with Crippen LogP contribution in [0.1, 0.15) is 68.0 Å². The molecule has 2 heterocycles. The summed E-state index contributed by atoms with van der Waals surface area (Å²) in [6, 6.07) is 4.02. The van der Waals surface area contributed by atoms with Gasteiger partial charge in [0.25, 0.3) is 0 Å². The fourth-order valence-corrected chi connectivity index (χ4v) is 5.13. The molecule has 8 heteroatoms. The Morgan fingerprint density at radius 2 is 1.97 bits per heavy atom. The number of nitrogens with one attached hydrogen (secondary N) is 1. The molecule has 4 rings (SSSR count). The molecule has 2 atom stereocenters. The van der Waals surface area contributed by atoms with Gasteiger partial charge in [-0.2, -0.15) is 4.98 Å². The molecule has 8 nitrogen and oxygen atoms in total. The molecule has 1 amide bonds. The molecule has 0 spiro atoms. The first-order valence-electron chi connectivity index (χ1n) is 11.8. The molecule has 0 bridgehead atoms. The number of amides is 1. The zero-order chi connectivity index (χ0) is 24.5. The van der Waals surface area contributed by atoms with Crippen LogP contribution in [-0.4, -0.2) is 39.9 Å². The number of carbonyl (C=O) groups is 2. The minimum Gasteiger partial charge on any atom is -0.480 e. The molecule has 34 heavy (non-hydrogen) atoms. The van der Waals surface area contributed by atoms with Crippen molar-refractivity contribution in [1.82, 2.24) is 15.5 Å². The number of hydrogen-bond donors (Lipinski definition) is 2. The van der Waals surface area contributed by atoms with Crippen molar-refractivity contribution in [2.24, 2.45) is 16.3 Å². The van der Waals surface area contributed by atoms with Crippen molar-refractivity contribution in [2.45, 2.75) is 65.7 Å². The summed E-state index contributed by atoms with van der Waals surface area (Å²) in [4.78, 5) is 31.7. The predicted molar refractivity (Wildman–Crippen MR) is 129 cm³/mol. The lowest BCUT2D eigenvalue weighted by Crippen LogP contribution is -2.29. The van der Waals surface area contributed by atoms with Crippen LogP contribution in [0.4, 0.5) is 0 Å². The fourth-order valence-electron chi connectivity index (χ4n) is 5.13. The Balaban J connectivity index is 1.47. The molecule has 2 unspecified atom stereocenters. The van der Waals surface area contributed by atoms with E-state index in [9.17, 15) is 9.59 Å². The number of rotatable bonds is 7. The fraction of sp³-hybridized carbons (Fsp3) is 0.500. The third kappa shape index (κ3) is 5.26. The number of carboxylic acid groups (broad SMARTS) is 1. The van der Waals surface area contributed by atoms with Crippen molar-refractivity contribution < 1.29 is 19.2 Å². The Bertz CT molecular complexity index is 1140. The van der Waals surface area contributed by atoms with Gasteiger partial charge in [0.15, 0.2) is 0 Å². The molecule has 180 valence electrons. The van der Waals surface area contributed by atoms with Gasteiger partial charge in [0.05, 0.1) is 5.92 Å². The lowest BCUT2D eigenvalue weighted by atomic mass is 9.66. The van der Waals surface area contributed by atoms with Crippen LogP contribution in [-0.2, 0) is 16.0 Å². The quantitative estimate of drug-likeness (QED) is 0.628. The first kappa shape index (κ1) is 23.9. The second-order valence-corrected chi connectivity index (χ2v) is 10.2. The maximum Gasteiger partial charge on any atom is 0.322 e.